The first kappa shape index (κ1) is 23.6. The fraction of sp³-hybridized carbons (Fsp3) is 0.200. The lowest BCUT2D eigenvalue weighted by Gasteiger charge is -2.36. The highest BCUT2D eigenvalue weighted by atomic mass is 16.5. The number of ether oxygens (including phenoxy) is 1. The van der Waals surface area contributed by atoms with Crippen molar-refractivity contribution < 1.29 is 14.3 Å². The second-order valence-electron chi connectivity index (χ2n) is 8.98. The Balaban J connectivity index is 1.08. The van der Waals surface area contributed by atoms with Crippen molar-refractivity contribution in [1.82, 2.24) is 4.90 Å². The molecule has 1 aliphatic rings. The zero-order valence-corrected chi connectivity index (χ0v) is 20.1. The number of anilines is 2. The van der Waals surface area contributed by atoms with Crippen molar-refractivity contribution in [1.29, 1.82) is 0 Å². The average molecular weight is 480 g/mol. The molecule has 0 aromatic heterocycles. The van der Waals surface area contributed by atoms with Crippen LogP contribution in [0.3, 0.4) is 0 Å². The van der Waals surface area contributed by atoms with Crippen molar-refractivity contribution in [3.8, 4) is 0 Å². The lowest BCUT2D eigenvalue weighted by atomic mass is 10.1. The second-order valence-corrected chi connectivity index (χ2v) is 8.98. The highest BCUT2D eigenvalue weighted by molar-refractivity contribution is 5.98. The van der Waals surface area contributed by atoms with Gasteiger partial charge >= 0.3 is 5.97 Å². The molecule has 1 heterocycles. The summed E-state index contributed by atoms with van der Waals surface area (Å²) in [6.45, 7) is 4.58. The summed E-state index contributed by atoms with van der Waals surface area (Å²) in [5.41, 5.74) is 3.58. The van der Waals surface area contributed by atoms with Gasteiger partial charge in [-0.15, -0.1) is 0 Å². The van der Waals surface area contributed by atoms with E-state index in [1.165, 1.54) is 5.56 Å². The molecule has 0 radical (unpaired) electrons. The van der Waals surface area contributed by atoms with E-state index in [0.717, 1.165) is 49.2 Å². The number of carbonyl (C=O) groups excluding carboxylic acids is 2. The van der Waals surface area contributed by atoms with Crippen LogP contribution in [0, 0.1) is 0 Å². The Labute approximate surface area is 211 Å². The van der Waals surface area contributed by atoms with E-state index in [1.54, 1.807) is 12.1 Å². The topological polar surface area (TPSA) is 61.9 Å². The summed E-state index contributed by atoms with van der Waals surface area (Å²) in [5, 5.41) is 4.80. The molecule has 0 aliphatic carbocycles. The number of carbonyl (C=O) groups is 2. The van der Waals surface area contributed by atoms with Gasteiger partial charge in [-0.3, -0.25) is 9.69 Å². The van der Waals surface area contributed by atoms with Gasteiger partial charge in [-0.25, -0.2) is 4.79 Å². The second kappa shape index (κ2) is 11.1. The van der Waals surface area contributed by atoms with Crippen LogP contribution in [0.15, 0.2) is 97.1 Å². The van der Waals surface area contributed by atoms with Gasteiger partial charge in [-0.05, 0) is 52.7 Å². The molecule has 6 heteroatoms. The van der Waals surface area contributed by atoms with Crippen LogP contribution < -0.4 is 10.2 Å². The third-order valence-corrected chi connectivity index (χ3v) is 6.46. The highest BCUT2D eigenvalue weighted by Gasteiger charge is 2.17. The maximum atomic E-state index is 12.4. The van der Waals surface area contributed by atoms with Gasteiger partial charge in [0.25, 0.3) is 5.91 Å². The molecule has 4 aromatic carbocycles. The first-order chi connectivity index (χ1) is 17.6. The van der Waals surface area contributed by atoms with Crippen molar-refractivity contribution in [2.75, 3.05) is 43.0 Å². The van der Waals surface area contributed by atoms with Gasteiger partial charge in [-0.1, -0.05) is 60.7 Å². The number of esters is 1. The Bertz CT molecular complexity index is 1330. The quantitative estimate of drug-likeness (QED) is 0.380. The van der Waals surface area contributed by atoms with E-state index in [9.17, 15) is 9.59 Å². The van der Waals surface area contributed by atoms with E-state index in [4.69, 9.17) is 4.74 Å². The molecule has 36 heavy (non-hydrogen) atoms. The number of amides is 1. The van der Waals surface area contributed by atoms with Crippen LogP contribution in [-0.2, 0) is 16.1 Å². The van der Waals surface area contributed by atoms with Crippen LogP contribution in [0.25, 0.3) is 10.8 Å². The lowest BCUT2D eigenvalue weighted by molar-refractivity contribution is -0.119. The van der Waals surface area contributed by atoms with Crippen LogP contribution in [0.1, 0.15) is 15.9 Å². The molecule has 1 N–H and O–H groups in total. The first-order valence-corrected chi connectivity index (χ1v) is 12.2. The van der Waals surface area contributed by atoms with Gasteiger partial charge in [0.1, 0.15) is 0 Å². The van der Waals surface area contributed by atoms with E-state index >= 15 is 0 Å². The number of hydrogen-bond acceptors (Lipinski definition) is 5. The van der Waals surface area contributed by atoms with Crippen LogP contribution >= 0.6 is 0 Å². The van der Waals surface area contributed by atoms with Crippen molar-refractivity contribution in [2.24, 2.45) is 0 Å². The summed E-state index contributed by atoms with van der Waals surface area (Å²) >= 11 is 0. The van der Waals surface area contributed by atoms with Gasteiger partial charge in [-0.2, -0.15) is 0 Å². The molecule has 0 atom stereocenters. The molecule has 1 aliphatic heterocycles. The highest BCUT2D eigenvalue weighted by Crippen LogP contribution is 2.21. The Morgan fingerprint density at radius 1 is 0.750 bits per heavy atom. The molecule has 4 aromatic rings. The van der Waals surface area contributed by atoms with E-state index in [1.807, 2.05) is 60.7 Å². The third kappa shape index (κ3) is 5.90. The Morgan fingerprint density at radius 3 is 2.19 bits per heavy atom. The van der Waals surface area contributed by atoms with E-state index in [2.05, 4.69) is 39.4 Å². The van der Waals surface area contributed by atoms with Gasteiger partial charge in [0.05, 0.1) is 5.56 Å². The Kier molecular flexibility index (Phi) is 7.24. The van der Waals surface area contributed by atoms with Crippen molar-refractivity contribution >= 4 is 34.0 Å². The Morgan fingerprint density at radius 2 is 1.44 bits per heavy atom. The maximum absolute atomic E-state index is 12.4. The number of hydrogen-bond donors (Lipinski definition) is 1. The van der Waals surface area contributed by atoms with Gasteiger partial charge in [0.2, 0.25) is 0 Å². The number of piperazine rings is 1. The average Bonchev–Trinajstić information content (AvgIpc) is 2.93. The lowest BCUT2D eigenvalue weighted by Crippen LogP contribution is -2.45. The molecule has 6 nitrogen and oxygen atoms in total. The summed E-state index contributed by atoms with van der Waals surface area (Å²) in [6.07, 6.45) is 0. The first-order valence-electron chi connectivity index (χ1n) is 12.2. The normalized spacial score (nSPS) is 13.9. The van der Waals surface area contributed by atoms with E-state index < -0.39 is 5.97 Å². The van der Waals surface area contributed by atoms with Crippen LogP contribution in [-0.4, -0.2) is 49.6 Å². The van der Waals surface area contributed by atoms with Gasteiger partial charge < -0.3 is 15.0 Å². The van der Waals surface area contributed by atoms with E-state index in [0.29, 0.717) is 11.3 Å². The minimum atomic E-state index is -0.516. The number of benzene rings is 4. The van der Waals surface area contributed by atoms with Crippen molar-refractivity contribution in [3.05, 3.63) is 108 Å². The summed E-state index contributed by atoms with van der Waals surface area (Å²) in [7, 11) is 0. The molecule has 1 fully saturated rings. The molecule has 1 saturated heterocycles. The fourth-order valence-corrected chi connectivity index (χ4v) is 4.49. The number of nitrogens with zero attached hydrogens (tertiary/aromatic N) is 2. The van der Waals surface area contributed by atoms with Crippen molar-refractivity contribution in [3.63, 3.8) is 0 Å². The molecule has 182 valence electrons. The van der Waals surface area contributed by atoms with Gasteiger partial charge in [0.15, 0.2) is 6.61 Å². The molecular formula is C30H29N3O3. The molecule has 0 bridgehead atoms. The molecule has 0 unspecified atom stereocenters. The summed E-state index contributed by atoms with van der Waals surface area (Å²) in [6, 6.07) is 31.5. The molecule has 0 spiro atoms. The molecular weight excluding hydrogens is 450 g/mol. The minimum Gasteiger partial charge on any atom is -0.452 e. The Hall–Kier alpha value is -4.16. The largest absolute Gasteiger partial charge is 0.452 e. The minimum absolute atomic E-state index is 0.337. The van der Waals surface area contributed by atoms with Gasteiger partial charge in [0, 0.05) is 44.1 Å². The molecule has 5 rings (SSSR count). The smallest absolute Gasteiger partial charge is 0.338 e. The number of fused-ring (bicyclic) bond motifs is 1. The summed E-state index contributed by atoms with van der Waals surface area (Å²) < 4.78 is 5.22. The fourth-order valence-electron chi connectivity index (χ4n) is 4.49. The maximum Gasteiger partial charge on any atom is 0.338 e. The number of nitrogens with one attached hydrogen (secondary N) is 1. The standard InChI is InChI=1S/C30H29N3O3/c34-29(22-36-30(35)26-11-10-24-8-4-5-9-25(24)20-26)31-27-12-14-28(15-13-27)33-18-16-32(17-19-33)21-23-6-2-1-3-7-23/h1-15,20H,16-19,21-22H2,(H,31,34). The van der Waals surface area contributed by atoms with E-state index in [-0.39, 0.29) is 12.5 Å². The third-order valence-electron chi connectivity index (χ3n) is 6.46. The summed E-state index contributed by atoms with van der Waals surface area (Å²) in [5.74, 6) is -0.885. The van der Waals surface area contributed by atoms with Crippen LogP contribution in [0.2, 0.25) is 0 Å². The predicted molar refractivity (Wildman–Crippen MR) is 143 cm³/mol. The SMILES string of the molecule is O=C(COC(=O)c1ccc2ccccc2c1)Nc1ccc(N2CCN(Cc3ccccc3)CC2)cc1. The number of rotatable bonds is 7. The van der Waals surface area contributed by atoms with Crippen LogP contribution in [0.5, 0.6) is 0 Å². The molecule has 0 saturated carbocycles. The summed E-state index contributed by atoms with van der Waals surface area (Å²) in [4.78, 5) is 29.5. The predicted octanol–water partition coefficient (Wildman–Crippen LogP) is 4.96. The van der Waals surface area contributed by atoms with Crippen molar-refractivity contribution in [2.45, 2.75) is 6.54 Å². The zero-order chi connectivity index (χ0) is 24.7. The monoisotopic (exact) mass is 479 g/mol. The zero-order valence-electron chi connectivity index (χ0n) is 20.1. The molecule has 1 amide bonds. The van der Waals surface area contributed by atoms with Crippen LogP contribution in [0.4, 0.5) is 11.4 Å².